The lowest BCUT2D eigenvalue weighted by atomic mass is 10.2. The Kier molecular flexibility index (Phi) is 7.44. The van der Waals surface area contributed by atoms with Crippen molar-refractivity contribution in [2.24, 2.45) is 0 Å². The van der Waals surface area contributed by atoms with Crippen LogP contribution in [0.3, 0.4) is 0 Å². The van der Waals surface area contributed by atoms with E-state index in [9.17, 15) is 4.79 Å². The number of carbonyl (C=O) groups excluding carboxylic acids is 1. The Hall–Kier alpha value is -2.57. The van der Waals surface area contributed by atoms with Gasteiger partial charge >= 0.3 is 0 Å². The van der Waals surface area contributed by atoms with E-state index >= 15 is 0 Å². The Labute approximate surface area is 154 Å². The number of carbonyl (C=O) groups is 1. The highest BCUT2D eigenvalue weighted by atomic mass is 16.7. The van der Waals surface area contributed by atoms with Crippen LogP contribution in [-0.4, -0.2) is 44.9 Å². The number of methoxy groups -OCH3 is 1. The van der Waals surface area contributed by atoms with Gasteiger partial charge in [-0.25, -0.2) is 5.06 Å². The first-order chi connectivity index (χ1) is 12.5. The molecule has 2 aromatic rings. The van der Waals surface area contributed by atoms with Crippen molar-refractivity contribution in [1.82, 2.24) is 5.06 Å². The van der Waals surface area contributed by atoms with Crippen LogP contribution in [0.2, 0.25) is 0 Å². The highest BCUT2D eigenvalue weighted by Gasteiger charge is 2.16. The molecule has 26 heavy (non-hydrogen) atoms. The van der Waals surface area contributed by atoms with E-state index in [1.165, 1.54) is 7.11 Å². The van der Waals surface area contributed by atoms with Crippen molar-refractivity contribution in [2.45, 2.75) is 19.6 Å². The van der Waals surface area contributed by atoms with Crippen LogP contribution in [0.25, 0.3) is 0 Å². The zero-order chi connectivity index (χ0) is 18.9. The molecule has 0 fully saturated rings. The molecule has 0 spiro atoms. The minimum Gasteiger partial charge on any atom is -0.489 e. The maximum atomic E-state index is 12.4. The molecular formula is C20H25NO5. The minimum absolute atomic E-state index is 0.160. The predicted octanol–water partition coefficient (Wildman–Crippen LogP) is 3.31. The Morgan fingerprint density at radius 1 is 1.08 bits per heavy atom. The van der Waals surface area contributed by atoms with Crippen LogP contribution < -0.4 is 9.47 Å². The van der Waals surface area contributed by atoms with Crippen molar-refractivity contribution in [2.75, 3.05) is 27.9 Å². The highest BCUT2D eigenvalue weighted by Crippen LogP contribution is 2.25. The SMILES string of the molecule is COCC(C)Oc1cc(OCc2ccccc2)cc(C(=O)N(C)OC)c1. The molecule has 1 atom stereocenters. The van der Waals surface area contributed by atoms with Gasteiger partial charge in [0.25, 0.3) is 5.91 Å². The van der Waals surface area contributed by atoms with Gasteiger partial charge in [0, 0.05) is 25.8 Å². The summed E-state index contributed by atoms with van der Waals surface area (Å²) in [7, 11) is 4.60. The van der Waals surface area contributed by atoms with Gasteiger partial charge in [0.05, 0.1) is 13.7 Å². The molecule has 0 aliphatic carbocycles. The minimum atomic E-state index is -0.290. The third-order valence-electron chi connectivity index (χ3n) is 3.67. The third-order valence-corrected chi connectivity index (χ3v) is 3.67. The molecule has 1 amide bonds. The van der Waals surface area contributed by atoms with Gasteiger partial charge in [-0.15, -0.1) is 0 Å². The van der Waals surface area contributed by atoms with Gasteiger partial charge in [-0.3, -0.25) is 9.63 Å². The normalized spacial score (nSPS) is 11.7. The molecule has 0 aliphatic heterocycles. The van der Waals surface area contributed by atoms with E-state index in [1.54, 1.807) is 32.4 Å². The van der Waals surface area contributed by atoms with Gasteiger partial charge in [-0.2, -0.15) is 0 Å². The quantitative estimate of drug-likeness (QED) is 0.643. The Morgan fingerprint density at radius 3 is 2.42 bits per heavy atom. The number of hydroxylamine groups is 2. The van der Waals surface area contributed by atoms with E-state index in [1.807, 2.05) is 37.3 Å². The van der Waals surface area contributed by atoms with Gasteiger partial charge in [-0.1, -0.05) is 30.3 Å². The molecule has 0 saturated carbocycles. The lowest BCUT2D eigenvalue weighted by Crippen LogP contribution is -2.25. The molecule has 0 saturated heterocycles. The molecule has 0 heterocycles. The molecule has 0 aliphatic rings. The summed E-state index contributed by atoms with van der Waals surface area (Å²) in [5, 5.41) is 1.15. The van der Waals surface area contributed by atoms with E-state index in [4.69, 9.17) is 19.0 Å². The average molecular weight is 359 g/mol. The number of benzene rings is 2. The van der Waals surface area contributed by atoms with E-state index in [2.05, 4.69) is 0 Å². The lowest BCUT2D eigenvalue weighted by molar-refractivity contribution is -0.0757. The van der Waals surface area contributed by atoms with Crippen molar-refractivity contribution in [3.63, 3.8) is 0 Å². The van der Waals surface area contributed by atoms with E-state index in [-0.39, 0.29) is 12.0 Å². The summed E-state index contributed by atoms with van der Waals surface area (Å²) in [5.41, 5.74) is 1.45. The smallest absolute Gasteiger partial charge is 0.277 e. The van der Waals surface area contributed by atoms with Crippen LogP contribution in [0.15, 0.2) is 48.5 Å². The summed E-state index contributed by atoms with van der Waals surface area (Å²) in [4.78, 5) is 17.4. The van der Waals surface area contributed by atoms with Crippen molar-refractivity contribution >= 4 is 5.91 Å². The van der Waals surface area contributed by atoms with Crippen molar-refractivity contribution in [1.29, 1.82) is 0 Å². The maximum absolute atomic E-state index is 12.4. The largest absolute Gasteiger partial charge is 0.489 e. The van der Waals surface area contributed by atoms with Crippen LogP contribution in [0, 0.1) is 0 Å². The molecule has 0 aromatic heterocycles. The third kappa shape index (κ3) is 5.75. The standard InChI is InChI=1S/C20H25NO5/c1-15(13-23-3)26-19-11-17(20(22)21(2)24-4)10-18(12-19)25-14-16-8-6-5-7-9-16/h5-12,15H,13-14H2,1-4H3. The van der Waals surface area contributed by atoms with Crippen LogP contribution in [-0.2, 0) is 16.2 Å². The van der Waals surface area contributed by atoms with Gasteiger partial charge in [-0.05, 0) is 24.6 Å². The molecule has 0 radical (unpaired) electrons. The monoisotopic (exact) mass is 359 g/mol. The van der Waals surface area contributed by atoms with Crippen LogP contribution in [0.4, 0.5) is 0 Å². The van der Waals surface area contributed by atoms with Crippen LogP contribution in [0.1, 0.15) is 22.8 Å². The van der Waals surface area contributed by atoms with Crippen molar-refractivity contribution in [3.05, 3.63) is 59.7 Å². The van der Waals surface area contributed by atoms with E-state index in [0.29, 0.717) is 30.3 Å². The molecule has 6 heteroatoms. The van der Waals surface area contributed by atoms with Gasteiger partial charge < -0.3 is 14.2 Å². The first-order valence-electron chi connectivity index (χ1n) is 8.33. The highest BCUT2D eigenvalue weighted by molar-refractivity contribution is 5.94. The topological polar surface area (TPSA) is 57.2 Å². The number of hydrogen-bond donors (Lipinski definition) is 0. The summed E-state index contributed by atoms with van der Waals surface area (Å²) in [6.45, 7) is 2.73. The Bertz CT molecular complexity index is 705. The zero-order valence-corrected chi connectivity index (χ0v) is 15.6. The second-order valence-electron chi connectivity index (χ2n) is 5.84. The van der Waals surface area contributed by atoms with Gasteiger partial charge in [0.1, 0.15) is 24.2 Å². The van der Waals surface area contributed by atoms with E-state index in [0.717, 1.165) is 10.6 Å². The van der Waals surface area contributed by atoms with Crippen molar-refractivity contribution in [3.8, 4) is 11.5 Å². The Morgan fingerprint density at radius 2 is 1.77 bits per heavy atom. The zero-order valence-electron chi connectivity index (χ0n) is 15.6. The fourth-order valence-corrected chi connectivity index (χ4v) is 2.35. The van der Waals surface area contributed by atoms with Crippen molar-refractivity contribution < 1.29 is 23.8 Å². The summed E-state index contributed by atoms with van der Waals surface area (Å²) in [5.74, 6) is 0.790. The molecule has 2 aromatic carbocycles. The lowest BCUT2D eigenvalue weighted by Gasteiger charge is -2.18. The molecule has 1 unspecified atom stereocenters. The maximum Gasteiger partial charge on any atom is 0.277 e. The number of ether oxygens (including phenoxy) is 3. The summed E-state index contributed by atoms with van der Waals surface area (Å²) in [6, 6.07) is 14.9. The summed E-state index contributed by atoms with van der Waals surface area (Å²) < 4.78 is 16.8. The molecule has 0 N–H and O–H groups in total. The molecule has 0 bridgehead atoms. The first kappa shape index (κ1) is 19.8. The fourth-order valence-electron chi connectivity index (χ4n) is 2.35. The second-order valence-corrected chi connectivity index (χ2v) is 5.84. The van der Waals surface area contributed by atoms with E-state index < -0.39 is 0 Å². The van der Waals surface area contributed by atoms with Crippen LogP contribution >= 0.6 is 0 Å². The Balaban J connectivity index is 2.22. The average Bonchev–Trinajstić information content (AvgIpc) is 2.66. The number of rotatable bonds is 9. The van der Waals surface area contributed by atoms with Gasteiger partial charge in [0.2, 0.25) is 0 Å². The molecule has 2 rings (SSSR count). The van der Waals surface area contributed by atoms with Crippen LogP contribution in [0.5, 0.6) is 11.5 Å². The molecular weight excluding hydrogens is 334 g/mol. The fraction of sp³-hybridized carbons (Fsp3) is 0.350. The predicted molar refractivity (Wildman–Crippen MR) is 98.3 cm³/mol. The first-order valence-corrected chi connectivity index (χ1v) is 8.33. The molecule has 140 valence electrons. The number of hydrogen-bond acceptors (Lipinski definition) is 5. The summed E-state index contributed by atoms with van der Waals surface area (Å²) in [6.07, 6.45) is -0.160. The number of nitrogens with zero attached hydrogens (tertiary/aromatic N) is 1. The second kappa shape index (κ2) is 9.79. The van der Waals surface area contributed by atoms with Gasteiger partial charge in [0.15, 0.2) is 0 Å². The summed E-state index contributed by atoms with van der Waals surface area (Å²) >= 11 is 0. The molecule has 6 nitrogen and oxygen atoms in total. The number of amides is 1.